The fourth-order valence-corrected chi connectivity index (χ4v) is 2.42. The van der Waals surface area contributed by atoms with Gasteiger partial charge >= 0.3 is 0 Å². The Morgan fingerprint density at radius 3 is 2.79 bits per heavy atom. The van der Waals surface area contributed by atoms with Crippen molar-refractivity contribution in [2.45, 2.75) is 39.2 Å². The number of hydrogen-bond acceptors (Lipinski definition) is 2. The molecule has 0 aliphatic carbocycles. The smallest absolute Gasteiger partial charge is 0.188 e. The van der Waals surface area contributed by atoms with Crippen molar-refractivity contribution in [3.05, 3.63) is 42.2 Å². The lowest BCUT2D eigenvalue weighted by Crippen LogP contribution is -2.32. The summed E-state index contributed by atoms with van der Waals surface area (Å²) >= 11 is 0. The molecule has 0 saturated heterocycles. The van der Waals surface area contributed by atoms with E-state index in [1.165, 1.54) is 19.3 Å². The molecule has 0 aliphatic heterocycles. The number of aromatic nitrogens is 2. The van der Waals surface area contributed by atoms with Crippen molar-refractivity contribution in [2.75, 3.05) is 6.54 Å². The Balaban J connectivity index is 0.00000288. The molecule has 1 heterocycles. The van der Waals surface area contributed by atoms with E-state index in [2.05, 4.69) is 40.5 Å². The van der Waals surface area contributed by atoms with E-state index < -0.39 is 0 Å². The van der Waals surface area contributed by atoms with E-state index in [1.54, 1.807) is 4.68 Å². The summed E-state index contributed by atoms with van der Waals surface area (Å²) in [7, 11) is 1.92. The van der Waals surface area contributed by atoms with Crippen LogP contribution in [0, 0.1) is 0 Å². The average molecular weight is 441 g/mol. The van der Waals surface area contributed by atoms with Crippen molar-refractivity contribution >= 4 is 29.9 Å². The number of nitrogens with one attached hydrogen (secondary N) is 1. The van der Waals surface area contributed by atoms with Gasteiger partial charge in [-0.25, -0.2) is 4.99 Å². The third-order valence-electron chi connectivity index (χ3n) is 3.73. The Labute approximate surface area is 161 Å². The van der Waals surface area contributed by atoms with Crippen LogP contribution in [0.4, 0.5) is 0 Å². The van der Waals surface area contributed by atoms with E-state index in [0.717, 1.165) is 29.7 Å². The zero-order chi connectivity index (χ0) is 16.5. The molecule has 0 amide bonds. The van der Waals surface area contributed by atoms with Crippen LogP contribution in [0.1, 0.15) is 38.2 Å². The van der Waals surface area contributed by atoms with Gasteiger partial charge in [0.1, 0.15) is 0 Å². The Bertz CT molecular complexity index is 636. The summed E-state index contributed by atoms with van der Waals surface area (Å²) < 4.78 is 1.81. The van der Waals surface area contributed by atoms with E-state index in [-0.39, 0.29) is 24.0 Å². The summed E-state index contributed by atoms with van der Waals surface area (Å²) in [6.07, 6.45) is 8.78. The van der Waals surface area contributed by atoms with Gasteiger partial charge in [0.15, 0.2) is 5.96 Å². The minimum absolute atomic E-state index is 0. The van der Waals surface area contributed by atoms with E-state index >= 15 is 0 Å². The van der Waals surface area contributed by atoms with Gasteiger partial charge in [-0.3, -0.25) is 4.68 Å². The number of guanidine groups is 1. The highest BCUT2D eigenvalue weighted by molar-refractivity contribution is 14.0. The zero-order valence-electron chi connectivity index (χ0n) is 14.5. The molecule has 0 atom stereocenters. The summed E-state index contributed by atoms with van der Waals surface area (Å²) in [5.74, 6) is 0.522. The highest BCUT2D eigenvalue weighted by Crippen LogP contribution is 2.19. The monoisotopic (exact) mass is 441 g/mol. The molecule has 0 saturated carbocycles. The quantitative estimate of drug-likeness (QED) is 0.284. The first kappa shape index (κ1) is 20.5. The van der Waals surface area contributed by atoms with Crippen molar-refractivity contribution in [2.24, 2.45) is 17.8 Å². The van der Waals surface area contributed by atoms with Gasteiger partial charge in [0.2, 0.25) is 0 Å². The molecule has 0 unspecified atom stereocenters. The first-order valence-electron chi connectivity index (χ1n) is 8.31. The van der Waals surface area contributed by atoms with Gasteiger partial charge < -0.3 is 11.1 Å². The minimum atomic E-state index is 0. The Morgan fingerprint density at radius 1 is 1.25 bits per heavy atom. The van der Waals surface area contributed by atoms with Gasteiger partial charge in [-0.1, -0.05) is 44.4 Å². The number of hydrogen-bond donors (Lipinski definition) is 2. The molecule has 0 radical (unpaired) electrons. The molecule has 5 nitrogen and oxygen atoms in total. The van der Waals surface area contributed by atoms with Crippen molar-refractivity contribution in [1.82, 2.24) is 15.1 Å². The third-order valence-corrected chi connectivity index (χ3v) is 3.73. The number of nitrogens with two attached hydrogens (primary N) is 1. The van der Waals surface area contributed by atoms with Crippen LogP contribution in [0.15, 0.2) is 41.7 Å². The van der Waals surface area contributed by atoms with Gasteiger partial charge in [-0.15, -0.1) is 24.0 Å². The van der Waals surface area contributed by atoms with Gasteiger partial charge in [-0.2, -0.15) is 5.10 Å². The van der Waals surface area contributed by atoms with Crippen LogP contribution < -0.4 is 11.1 Å². The number of rotatable bonds is 8. The second-order valence-corrected chi connectivity index (χ2v) is 5.79. The lowest BCUT2D eigenvalue weighted by molar-refractivity contribution is 0.652. The fraction of sp³-hybridized carbons (Fsp3) is 0.444. The molecule has 2 rings (SSSR count). The van der Waals surface area contributed by atoms with Crippen molar-refractivity contribution < 1.29 is 0 Å². The number of benzene rings is 1. The standard InChI is InChI=1S/C18H27N5.HI/c1-3-4-5-6-10-20-18(19)21-12-15-8-7-9-16(11-15)17-13-22-23(2)14-17;/h7-9,11,13-14H,3-6,10,12H2,1-2H3,(H3,19,20,21);1H. The van der Waals surface area contributed by atoms with Gasteiger partial charge in [-0.05, 0) is 23.6 Å². The fourth-order valence-electron chi connectivity index (χ4n) is 2.42. The topological polar surface area (TPSA) is 68.2 Å². The molecule has 1 aromatic heterocycles. The lowest BCUT2D eigenvalue weighted by atomic mass is 10.1. The molecule has 2 aromatic rings. The van der Waals surface area contributed by atoms with Gasteiger partial charge in [0, 0.05) is 25.4 Å². The Morgan fingerprint density at radius 2 is 2.08 bits per heavy atom. The lowest BCUT2D eigenvalue weighted by Gasteiger charge is -2.06. The Hall–Kier alpha value is -1.57. The second kappa shape index (κ2) is 11.1. The molecule has 1 aromatic carbocycles. The van der Waals surface area contributed by atoms with E-state index in [1.807, 2.05) is 25.5 Å². The SMILES string of the molecule is CCCCCCNC(N)=NCc1cccc(-c2cnn(C)c2)c1.I. The third kappa shape index (κ3) is 6.90. The summed E-state index contributed by atoms with van der Waals surface area (Å²) in [4.78, 5) is 4.41. The minimum Gasteiger partial charge on any atom is -0.370 e. The number of aliphatic imine (C=N–C) groups is 1. The molecule has 0 aliphatic rings. The molecular formula is C18H28IN5. The number of halogens is 1. The van der Waals surface area contributed by atoms with Crippen LogP contribution >= 0.6 is 24.0 Å². The van der Waals surface area contributed by atoms with Gasteiger partial charge in [0.05, 0.1) is 12.7 Å². The molecule has 6 heteroatoms. The van der Waals surface area contributed by atoms with E-state index in [4.69, 9.17) is 5.73 Å². The van der Waals surface area contributed by atoms with E-state index in [9.17, 15) is 0 Å². The largest absolute Gasteiger partial charge is 0.370 e. The Kier molecular flexibility index (Phi) is 9.44. The highest BCUT2D eigenvalue weighted by atomic mass is 127. The van der Waals surface area contributed by atoms with Crippen LogP contribution in [-0.2, 0) is 13.6 Å². The molecule has 0 fully saturated rings. The summed E-state index contributed by atoms with van der Waals surface area (Å²) in [6.45, 7) is 3.69. The first-order valence-corrected chi connectivity index (χ1v) is 8.31. The predicted molar refractivity (Wildman–Crippen MR) is 112 cm³/mol. The maximum absolute atomic E-state index is 5.91. The van der Waals surface area contributed by atoms with Crippen LogP contribution in [0.25, 0.3) is 11.1 Å². The number of aryl methyl sites for hydroxylation is 1. The van der Waals surface area contributed by atoms with E-state index in [0.29, 0.717) is 12.5 Å². The molecule has 0 spiro atoms. The predicted octanol–water partition coefficient (Wildman–Crippen LogP) is 3.69. The van der Waals surface area contributed by atoms with Crippen LogP contribution in [0.3, 0.4) is 0 Å². The highest BCUT2D eigenvalue weighted by Gasteiger charge is 2.01. The molecule has 0 bridgehead atoms. The maximum Gasteiger partial charge on any atom is 0.188 e. The van der Waals surface area contributed by atoms with Crippen molar-refractivity contribution in [3.8, 4) is 11.1 Å². The molecular weight excluding hydrogens is 413 g/mol. The summed E-state index contributed by atoms with van der Waals surface area (Å²) in [6, 6.07) is 8.33. The zero-order valence-corrected chi connectivity index (χ0v) is 16.9. The summed E-state index contributed by atoms with van der Waals surface area (Å²) in [5, 5.41) is 7.39. The van der Waals surface area contributed by atoms with Crippen LogP contribution in [0.2, 0.25) is 0 Å². The van der Waals surface area contributed by atoms with Crippen molar-refractivity contribution in [1.29, 1.82) is 0 Å². The van der Waals surface area contributed by atoms with Crippen LogP contribution in [-0.4, -0.2) is 22.3 Å². The molecule has 3 N–H and O–H groups in total. The maximum atomic E-state index is 5.91. The van der Waals surface area contributed by atoms with Crippen molar-refractivity contribution in [3.63, 3.8) is 0 Å². The average Bonchev–Trinajstić information content (AvgIpc) is 2.99. The molecule has 24 heavy (non-hydrogen) atoms. The molecule has 132 valence electrons. The van der Waals surface area contributed by atoms with Crippen LogP contribution in [0.5, 0.6) is 0 Å². The first-order chi connectivity index (χ1) is 11.2. The number of nitrogens with zero attached hydrogens (tertiary/aromatic N) is 3. The number of unbranched alkanes of at least 4 members (excludes halogenated alkanes) is 3. The second-order valence-electron chi connectivity index (χ2n) is 5.79. The normalized spacial score (nSPS) is 11.2. The summed E-state index contributed by atoms with van der Waals surface area (Å²) in [5.41, 5.74) is 9.32. The van der Waals surface area contributed by atoms with Gasteiger partial charge in [0.25, 0.3) is 0 Å².